The van der Waals surface area contributed by atoms with E-state index in [9.17, 15) is 14.7 Å². The lowest BCUT2D eigenvalue weighted by molar-refractivity contribution is -0.137. The Kier molecular flexibility index (Phi) is 10.9. The van der Waals surface area contributed by atoms with Crippen molar-refractivity contribution in [2.75, 3.05) is 24.3 Å². The van der Waals surface area contributed by atoms with Crippen molar-refractivity contribution in [3.63, 3.8) is 0 Å². The second kappa shape index (κ2) is 15.3. The van der Waals surface area contributed by atoms with Crippen molar-refractivity contribution in [2.45, 2.75) is 45.2 Å². The van der Waals surface area contributed by atoms with Crippen LogP contribution in [0.3, 0.4) is 0 Å². The number of carboxylic acid groups (broad SMARTS) is 1. The Labute approximate surface area is 293 Å². The number of benzene rings is 5. The first-order valence-electron chi connectivity index (χ1n) is 16.2. The lowest BCUT2D eigenvalue weighted by Crippen LogP contribution is -2.30. The summed E-state index contributed by atoms with van der Waals surface area (Å²) < 4.78 is 6.12. The summed E-state index contributed by atoms with van der Waals surface area (Å²) in [6.45, 7) is 6.94. The zero-order chi connectivity index (χ0) is 35.1. The highest BCUT2D eigenvalue weighted by Gasteiger charge is 2.21. The van der Waals surface area contributed by atoms with Crippen LogP contribution in [0.5, 0.6) is 11.5 Å². The SMILES string of the molecule is CN(C)c1ccc(-c2ccc(C(CC(=O)O)NC(=O)c3cc(Cl)ccc3NCc3cccc(Oc4ccc(C(C)(C)C)cc4)c3)cc2)cc1. The van der Waals surface area contributed by atoms with Gasteiger partial charge in [-0.3, -0.25) is 9.59 Å². The Balaban J connectivity index is 1.28. The minimum Gasteiger partial charge on any atom is -0.481 e. The molecule has 252 valence electrons. The molecule has 1 atom stereocenters. The van der Waals surface area contributed by atoms with Crippen molar-refractivity contribution >= 4 is 34.9 Å². The van der Waals surface area contributed by atoms with E-state index in [0.29, 0.717) is 34.1 Å². The number of hydrogen-bond donors (Lipinski definition) is 3. The lowest BCUT2D eigenvalue weighted by atomic mass is 9.87. The fraction of sp³-hybridized carbons (Fsp3) is 0.220. The summed E-state index contributed by atoms with van der Waals surface area (Å²) in [5.74, 6) is -0.00953. The summed E-state index contributed by atoms with van der Waals surface area (Å²) in [6.07, 6.45) is -0.280. The van der Waals surface area contributed by atoms with Crippen molar-refractivity contribution in [3.8, 4) is 22.6 Å². The van der Waals surface area contributed by atoms with Gasteiger partial charge in [-0.25, -0.2) is 0 Å². The summed E-state index contributed by atoms with van der Waals surface area (Å²) in [4.78, 5) is 27.6. The number of carboxylic acids is 1. The third kappa shape index (κ3) is 9.42. The number of carbonyl (C=O) groups is 2. The first-order chi connectivity index (χ1) is 23.4. The molecule has 0 bridgehead atoms. The van der Waals surface area contributed by atoms with Crippen LogP contribution in [0.4, 0.5) is 11.4 Å². The van der Waals surface area contributed by atoms with E-state index in [1.165, 1.54) is 5.56 Å². The minimum absolute atomic E-state index is 0.0595. The summed E-state index contributed by atoms with van der Waals surface area (Å²) in [5.41, 5.74) is 6.93. The molecule has 7 nitrogen and oxygen atoms in total. The number of nitrogens with zero attached hydrogens (tertiary/aromatic N) is 1. The second-order valence-corrected chi connectivity index (χ2v) is 13.7. The fourth-order valence-corrected chi connectivity index (χ4v) is 5.63. The van der Waals surface area contributed by atoms with Gasteiger partial charge < -0.3 is 25.4 Å². The molecule has 5 rings (SSSR count). The van der Waals surface area contributed by atoms with E-state index in [1.54, 1.807) is 18.2 Å². The molecule has 49 heavy (non-hydrogen) atoms. The summed E-state index contributed by atoms with van der Waals surface area (Å²) in [5, 5.41) is 16.4. The standard InChI is InChI=1S/C41H42ClN3O4/c1-41(2,3)31-15-20-34(21-16-31)49-35-8-6-7-27(23-35)26-43-37-22-17-32(42)24-36(37)40(48)44-38(25-39(46)47)30-11-9-28(10-12-30)29-13-18-33(19-14-29)45(4)5/h6-24,38,43H,25-26H2,1-5H3,(H,44,48)(H,46,47). The second-order valence-electron chi connectivity index (χ2n) is 13.3. The van der Waals surface area contributed by atoms with Crippen molar-refractivity contribution in [1.29, 1.82) is 0 Å². The summed E-state index contributed by atoms with van der Waals surface area (Å²) in [6, 6.07) is 35.9. The number of ether oxygens (including phenoxy) is 1. The Morgan fingerprint density at radius 1 is 0.816 bits per heavy atom. The molecule has 0 aliphatic heterocycles. The maximum absolute atomic E-state index is 13.7. The highest BCUT2D eigenvalue weighted by Crippen LogP contribution is 2.29. The number of anilines is 2. The zero-order valence-corrected chi connectivity index (χ0v) is 29.2. The maximum atomic E-state index is 13.7. The van der Waals surface area contributed by atoms with Crippen LogP contribution in [0, 0.1) is 0 Å². The molecule has 0 radical (unpaired) electrons. The summed E-state index contributed by atoms with van der Waals surface area (Å²) >= 11 is 6.33. The zero-order valence-electron chi connectivity index (χ0n) is 28.5. The maximum Gasteiger partial charge on any atom is 0.305 e. The predicted molar refractivity (Wildman–Crippen MR) is 199 cm³/mol. The largest absolute Gasteiger partial charge is 0.481 e. The fourth-order valence-electron chi connectivity index (χ4n) is 5.46. The first-order valence-corrected chi connectivity index (χ1v) is 16.5. The number of amides is 1. The normalized spacial score (nSPS) is 11.8. The molecular formula is C41H42ClN3O4. The average Bonchev–Trinajstić information content (AvgIpc) is 3.07. The van der Waals surface area contributed by atoms with Crippen LogP contribution in [-0.4, -0.2) is 31.1 Å². The smallest absolute Gasteiger partial charge is 0.305 e. The van der Waals surface area contributed by atoms with Gasteiger partial charge in [0.05, 0.1) is 18.0 Å². The number of aliphatic carboxylic acids is 1. The number of rotatable bonds is 12. The molecule has 5 aromatic rings. The quantitative estimate of drug-likeness (QED) is 0.122. The molecule has 0 saturated carbocycles. The van der Waals surface area contributed by atoms with E-state index >= 15 is 0 Å². The monoisotopic (exact) mass is 675 g/mol. The number of carbonyl (C=O) groups excluding carboxylic acids is 1. The first kappa shape index (κ1) is 35.0. The van der Waals surface area contributed by atoms with Gasteiger partial charge in [0.15, 0.2) is 0 Å². The van der Waals surface area contributed by atoms with E-state index in [2.05, 4.69) is 43.5 Å². The molecule has 0 saturated heterocycles. The van der Waals surface area contributed by atoms with Gasteiger partial charge in [0.2, 0.25) is 0 Å². The topological polar surface area (TPSA) is 90.9 Å². The van der Waals surface area contributed by atoms with Crippen molar-refractivity contribution in [3.05, 3.63) is 143 Å². The molecule has 8 heteroatoms. The van der Waals surface area contributed by atoms with Gasteiger partial charge in [-0.2, -0.15) is 0 Å². The van der Waals surface area contributed by atoms with Gasteiger partial charge in [-0.1, -0.05) is 93.0 Å². The van der Waals surface area contributed by atoms with Crippen LogP contribution in [0.1, 0.15) is 60.3 Å². The van der Waals surface area contributed by atoms with Crippen LogP contribution in [0.2, 0.25) is 5.02 Å². The van der Waals surface area contributed by atoms with Gasteiger partial charge in [-0.15, -0.1) is 0 Å². The van der Waals surface area contributed by atoms with E-state index in [-0.39, 0.29) is 11.8 Å². The number of nitrogens with one attached hydrogen (secondary N) is 2. The van der Waals surface area contributed by atoms with Crippen LogP contribution < -0.4 is 20.3 Å². The Morgan fingerprint density at radius 3 is 2.08 bits per heavy atom. The van der Waals surface area contributed by atoms with Crippen molar-refractivity contribution < 1.29 is 19.4 Å². The third-order valence-electron chi connectivity index (χ3n) is 8.28. The van der Waals surface area contributed by atoms with Gasteiger partial charge in [0.1, 0.15) is 11.5 Å². The Bertz CT molecular complexity index is 1900. The molecule has 0 fully saturated rings. The van der Waals surface area contributed by atoms with Crippen molar-refractivity contribution in [1.82, 2.24) is 5.32 Å². The average molecular weight is 676 g/mol. The number of hydrogen-bond acceptors (Lipinski definition) is 5. The molecule has 0 spiro atoms. The Morgan fingerprint density at radius 2 is 1.47 bits per heavy atom. The molecule has 0 aromatic heterocycles. The lowest BCUT2D eigenvalue weighted by Gasteiger charge is -2.20. The Hall–Kier alpha value is -5.27. The molecule has 1 unspecified atom stereocenters. The molecule has 0 aliphatic rings. The molecule has 5 aromatic carbocycles. The third-order valence-corrected chi connectivity index (χ3v) is 8.51. The van der Waals surface area contributed by atoms with Crippen LogP contribution in [0.25, 0.3) is 11.1 Å². The minimum atomic E-state index is -1.02. The van der Waals surface area contributed by atoms with Gasteiger partial charge in [-0.05, 0) is 87.8 Å². The summed E-state index contributed by atoms with van der Waals surface area (Å²) in [7, 11) is 3.98. The number of halogens is 1. The van der Waals surface area contributed by atoms with E-state index < -0.39 is 17.9 Å². The van der Waals surface area contributed by atoms with Gasteiger partial charge >= 0.3 is 5.97 Å². The highest BCUT2D eigenvalue weighted by molar-refractivity contribution is 6.31. The predicted octanol–water partition coefficient (Wildman–Crippen LogP) is 9.72. The van der Waals surface area contributed by atoms with Gasteiger partial charge in [0, 0.05) is 37.0 Å². The van der Waals surface area contributed by atoms with E-state index in [1.807, 2.05) is 104 Å². The molecular weight excluding hydrogens is 634 g/mol. The van der Waals surface area contributed by atoms with Gasteiger partial charge in [0.25, 0.3) is 5.91 Å². The van der Waals surface area contributed by atoms with E-state index in [0.717, 1.165) is 28.1 Å². The van der Waals surface area contributed by atoms with Crippen molar-refractivity contribution in [2.24, 2.45) is 0 Å². The van der Waals surface area contributed by atoms with Crippen LogP contribution in [-0.2, 0) is 16.8 Å². The van der Waals surface area contributed by atoms with Crippen LogP contribution in [0.15, 0.2) is 115 Å². The molecule has 1 amide bonds. The molecule has 0 heterocycles. The van der Waals surface area contributed by atoms with E-state index in [4.69, 9.17) is 16.3 Å². The molecule has 3 N–H and O–H groups in total. The van der Waals surface area contributed by atoms with Crippen LogP contribution >= 0.6 is 11.6 Å². The highest BCUT2D eigenvalue weighted by atomic mass is 35.5. The molecule has 0 aliphatic carbocycles.